The van der Waals surface area contributed by atoms with Crippen molar-refractivity contribution in [2.24, 2.45) is 0 Å². The van der Waals surface area contributed by atoms with Gasteiger partial charge in [0.2, 0.25) is 0 Å². The van der Waals surface area contributed by atoms with Crippen LogP contribution < -0.4 is 10.6 Å². The maximum Gasteiger partial charge on any atom is 0.271 e. The van der Waals surface area contributed by atoms with Gasteiger partial charge in [-0.2, -0.15) is 0 Å². The van der Waals surface area contributed by atoms with Crippen LogP contribution in [0.2, 0.25) is 0 Å². The Balaban J connectivity index is 2.43. The highest BCUT2D eigenvalue weighted by molar-refractivity contribution is 5.92. The highest BCUT2D eigenvalue weighted by Crippen LogP contribution is 2.02. The fourth-order valence-corrected chi connectivity index (χ4v) is 1.36. The van der Waals surface area contributed by atoms with Crippen LogP contribution in [0.15, 0.2) is 12.4 Å². The average molecular weight is 266 g/mol. The number of carbonyl (C=O) groups is 1. The van der Waals surface area contributed by atoms with E-state index >= 15 is 0 Å². The van der Waals surface area contributed by atoms with Crippen LogP contribution in [0, 0.1) is 0 Å². The molecule has 1 rings (SSSR count). The van der Waals surface area contributed by atoms with Gasteiger partial charge in [-0.3, -0.25) is 9.78 Å². The Bertz CT molecular complexity index is 396. The van der Waals surface area contributed by atoms with Gasteiger partial charge < -0.3 is 15.4 Å². The summed E-state index contributed by atoms with van der Waals surface area (Å²) in [5.41, 5.74) is 0.311. The number of hydrogen-bond acceptors (Lipinski definition) is 5. The van der Waals surface area contributed by atoms with Crippen LogP contribution in [0.4, 0.5) is 5.82 Å². The summed E-state index contributed by atoms with van der Waals surface area (Å²) in [6.07, 6.45) is 4.22. The van der Waals surface area contributed by atoms with E-state index in [1.807, 2.05) is 13.8 Å². The third kappa shape index (κ3) is 6.15. The largest absolute Gasteiger partial charge is 0.377 e. The minimum absolute atomic E-state index is 0.165. The zero-order valence-corrected chi connectivity index (χ0v) is 11.8. The van der Waals surface area contributed by atoms with Gasteiger partial charge in [-0.1, -0.05) is 6.92 Å². The molecule has 0 saturated heterocycles. The predicted molar refractivity (Wildman–Crippen MR) is 74.2 cm³/mol. The smallest absolute Gasteiger partial charge is 0.271 e. The van der Waals surface area contributed by atoms with Crippen molar-refractivity contribution in [3.05, 3.63) is 18.1 Å². The Morgan fingerprint density at radius 3 is 2.84 bits per heavy atom. The van der Waals surface area contributed by atoms with Crippen molar-refractivity contribution in [2.45, 2.75) is 33.3 Å². The number of rotatable bonds is 8. The highest BCUT2D eigenvalue weighted by Gasteiger charge is 2.08. The Morgan fingerprint density at radius 1 is 1.37 bits per heavy atom. The number of hydrogen-bond donors (Lipinski definition) is 2. The number of nitrogens with zero attached hydrogens (tertiary/aromatic N) is 2. The molecule has 1 amide bonds. The van der Waals surface area contributed by atoms with Gasteiger partial charge in [-0.15, -0.1) is 0 Å². The molecule has 6 heteroatoms. The molecule has 1 aromatic rings. The van der Waals surface area contributed by atoms with Gasteiger partial charge in [0.15, 0.2) is 0 Å². The summed E-state index contributed by atoms with van der Waals surface area (Å²) in [5, 5.41) is 5.84. The van der Waals surface area contributed by atoms with Gasteiger partial charge in [0.25, 0.3) is 5.91 Å². The highest BCUT2D eigenvalue weighted by atomic mass is 16.5. The molecule has 0 aliphatic heterocycles. The lowest BCUT2D eigenvalue weighted by Crippen LogP contribution is -2.29. The van der Waals surface area contributed by atoms with Crippen LogP contribution in [0.3, 0.4) is 0 Å². The van der Waals surface area contributed by atoms with Crippen LogP contribution >= 0.6 is 0 Å². The summed E-state index contributed by atoms with van der Waals surface area (Å²) >= 11 is 0. The quantitative estimate of drug-likeness (QED) is 0.697. The summed E-state index contributed by atoms with van der Waals surface area (Å²) in [5.74, 6) is 0.382. The molecule has 6 nitrogen and oxygen atoms in total. The molecular weight excluding hydrogens is 244 g/mol. The van der Waals surface area contributed by atoms with Crippen LogP contribution in [-0.4, -0.2) is 41.7 Å². The third-order valence-electron chi connectivity index (χ3n) is 2.26. The normalized spacial score (nSPS) is 10.5. The number of nitrogens with one attached hydrogen (secondary N) is 2. The molecule has 2 N–H and O–H groups in total. The standard InChI is InChI=1S/C13H22N4O2/c1-4-5-15-12-9-14-8-11(17-12)13(18)16-6-7-19-10(2)3/h8-10H,4-7H2,1-3H3,(H,15,17)(H,16,18). The van der Waals surface area contributed by atoms with Gasteiger partial charge in [0, 0.05) is 13.1 Å². The summed E-state index contributed by atoms with van der Waals surface area (Å²) in [4.78, 5) is 20.0. The molecule has 0 aliphatic rings. The molecule has 19 heavy (non-hydrogen) atoms. The van der Waals surface area contributed by atoms with E-state index in [0.717, 1.165) is 13.0 Å². The Kier molecular flexibility index (Phi) is 6.81. The monoisotopic (exact) mass is 266 g/mol. The summed E-state index contributed by atoms with van der Waals surface area (Å²) in [6, 6.07) is 0. The zero-order chi connectivity index (χ0) is 14.1. The average Bonchev–Trinajstić information content (AvgIpc) is 2.41. The van der Waals surface area contributed by atoms with Gasteiger partial charge in [0.1, 0.15) is 11.5 Å². The molecule has 0 spiro atoms. The second kappa shape index (κ2) is 8.42. The van der Waals surface area contributed by atoms with Crippen molar-refractivity contribution in [1.29, 1.82) is 0 Å². The lowest BCUT2D eigenvalue weighted by Gasteiger charge is -2.09. The topological polar surface area (TPSA) is 76.1 Å². The Hall–Kier alpha value is -1.69. The van der Waals surface area contributed by atoms with Gasteiger partial charge in [0.05, 0.1) is 25.1 Å². The van der Waals surface area contributed by atoms with Crippen LogP contribution in [-0.2, 0) is 4.74 Å². The first-order valence-electron chi connectivity index (χ1n) is 6.59. The number of amides is 1. The van der Waals surface area contributed by atoms with Crippen molar-refractivity contribution in [1.82, 2.24) is 15.3 Å². The molecular formula is C13H22N4O2. The molecule has 0 atom stereocenters. The van der Waals surface area contributed by atoms with Crippen LogP contribution in [0.1, 0.15) is 37.7 Å². The van der Waals surface area contributed by atoms with Gasteiger partial charge >= 0.3 is 0 Å². The number of aromatic nitrogens is 2. The molecule has 0 radical (unpaired) electrons. The summed E-state index contributed by atoms with van der Waals surface area (Å²) < 4.78 is 5.34. The second-order valence-electron chi connectivity index (χ2n) is 4.39. The first-order valence-corrected chi connectivity index (χ1v) is 6.59. The van der Waals surface area contributed by atoms with E-state index < -0.39 is 0 Å². The zero-order valence-electron chi connectivity index (χ0n) is 11.8. The molecule has 0 fully saturated rings. The number of anilines is 1. The van der Waals surface area contributed by atoms with E-state index in [0.29, 0.717) is 24.7 Å². The molecule has 0 saturated carbocycles. The number of carbonyl (C=O) groups excluding carboxylic acids is 1. The first kappa shape index (κ1) is 15.4. The molecule has 0 aliphatic carbocycles. The van der Waals surface area contributed by atoms with E-state index in [9.17, 15) is 4.79 Å². The van der Waals surface area contributed by atoms with E-state index in [-0.39, 0.29) is 12.0 Å². The minimum atomic E-state index is -0.236. The number of ether oxygens (including phenoxy) is 1. The Labute approximate surface area is 114 Å². The van der Waals surface area contributed by atoms with E-state index in [4.69, 9.17) is 4.74 Å². The predicted octanol–water partition coefficient (Wildman–Crippen LogP) is 1.45. The van der Waals surface area contributed by atoms with Crippen molar-refractivity contribution in [2.75, 3.05) is 25.0 Å². The lowest BCUT2D eigenvalue weighted by molar-refractivity contribution is 0.0745. The lowest BCUT2D eigenvalue weighted by atomic mass is 10.4. The maximum atomic E-state index is 11.8. The fraction of sp³-hybridized carbons (Fsp3) is 0.615. The van der Waals surface area contributed by atoms with E-state index in [1.54, 1.807) is 6.20 Å². The molecule has 1 aromatic heterocycles. The van der Waals surface area contributed by atoms with Gasteiger partial charge in [-0.25, -0.2) is 4.98 Å². The van der Waals surface area contributed by atoms with Gasteiger partial charge in [-0.05, 0) is 20.3 Å². The second-order valence-corrected chi connectivity index (χ2v) is 4.39. The fourth-order valence-electron chi connectivity index (χ4n) is 1.36. The molecule has 0 unspecified atom stereocenters. The van der Waals surface area contributed by atoms with Crippen molar-refractivity contribution >= 4 is 11.7 Å². The van der Waals surface area contributed by atoms with E-state index in [2.05, 4.69) is 27.5 Å². The molecule has 0 bridgehead atoms. The Morgan fingerprint density at radius 2 is 2.16 bits per heavy atom. The SMILES string of the molecule is CCCNc1cncc(C(=O)NCCOC(C)C)n1. The third-order valence-corrected chi connectivity index (χ3v) is 2.26. The van der Waals surface area contributed by atoms with Crippen molar-refractivity contribution in [3.63, 3.8) is 0 Å². The van der Waals surface area contributed by atoms with Crippen molar-refractivity contribution < 1.29 is 9.53 Å². The molecule has 106 valence electrons. The van der Waals surface area contributed by atoms with Crippen molar-refractivity contribution in [3.8, 4) is 0 Å². The van der Waals surface area contributed by atoms with Crippen LogP contribution in [0.5, 0.6) is 0 Å². The first-order chi connectivity index (χ1) is 9.13. The molecule has 0 aromatic carbocycles. The summed E-state index contributed by atoms with van der Waals surface area (Å²) in [7, 11) is 0. The van der Waals surface area contributed by atoms with E-state index in [1.165, 1.54) is 6.20 Å². The molecule has 1 heterocycles. The maximum absolute atomic E-state index is 11.8. The minimum Gasteiger partial charge on any atom is -0.377 e. The summed E-state index contributed by atoms with van der Waals surface area (Å²) in [6.45, 7) is 7.73. The van der Waals surface area contributed by atoms with Crippen LogP contribution in [0.25, 0.3) is 0 Å².